The van der Waals surface area contributed by atoms with Crippen LogP contribution in [0.2, 0.25) is 0 Å². The fourth-order valence-electron chi connectivity index (χ4n) is 2.16. The highest BCUT2D eigenvalue weighted by atomic mass is 32.1. The molecule has 2 aromatic rings. The summed E-state index contributed by atoms with van der Waals surface area (Å²) >= 11 is 5.41. The second kappa shape index (κ2) is 8.25. The topological polar surface area (TPSA) is 39.0 Å². The molecule has 0 saturated heterocycles. The summed E-state index contributed by atoms with van der Waals surface area (Å²) in [6.45, 7) is 6.26. The van der Waals surface area contributed by atoms with E-state index in [-0.39, 0.29) is 5.76 Å². The summed E-state index contributed by atoms with van der Waals surface area (Å²) in [4.78, 5) is 0.408. The molecule has 0 atom stereocenters. The van der Waals surface area contributed by atoms with Gasteiger partial charge >= 0.3 is 0 Å². The van der Waals surface area contributed by atoms with Crippen molar-refractivity contribution >= 4 is 28.7 Å². The number of nitrogens with one attached hydrogen (secondary N) is 1. The smallest absolute Gasteiger partial charge is 0.237 e. The van der Waals surface area contributed by atoms with E-state index in [1.165, 1.54) is 5.56 Å². The summed E-state index contributed by atoms with van der Waals surface area (Å²) in [7, 11) is 0. The van der Waals surface area contributed by atoms with E-state index in [1.54, 1.807) is 10.6 Å². The van der Waals surface area contributed by atoms with Crippen molar-refractivity contribution in [2.45, 2.75) is 13.3 Å². The molecule has 4 heteroatoms. The highest BCUT2D eigenvalue weighted by Crippen LogP contribution is 2.15. The molecule has 0 aliphatic carbocycles. The molecule has 23 heavy (non-hydrogen) atoms. The minimum atomic E-state index is -0.106. The molecule has 0 saturated carbocycles. The molecule has 2 rings (SSSR count). The van der Waals surface area contributed by atoms with Gasteiger partial charge in [0.2, 0.25) is 5.70 Å². The molecule has 0 aliphatic rings. The van der Waals surface area contributed by atoms with Crippen molar-refractivity contribution < 1.29 is 9.67 Å². The molecule has 1 aromatic heterocycles. The van der Waals surface area contributed by atoms with Gasteiger partial charge in [-0.25, -0.2) is 0 Å². The third kappa shape index (κ3) is 4.27. The molecule has 118 valence electrons. The number of aryl methyl sites for hydroxylation is 1. The molecule has 1 N–H and O–H groups in total. The Balaban J connectivity index is 2.49. The van der Waals surface area contributed by atoms with E-state index in [1.807, 2.05) is 54.9 Å². The van der Waals surface area contributed by atoms with Gasteiger partial charge in [-0.3, -0.25) is 0 Å². The average molecular weight is 324 g/mol. The molecule has 0 unspecified atom stereocenters. The van der Waals surface area contributed by atoms with Crippen molar-refractivity contribution in [3.63, 3.8) is 0 Å². The van der Waals surface area contributed by atoms with Gasteiger partial charge in [-0.05, 0) is 23.3 Å². The molecule has 3 nitrogen and oxygen atoms in total. The highest BCUT2D eigenvalue weighted by Gasteiger charge is 2.17. The molecule has 1 heterocycles. The first kappa shape index (κ1) is 16.9. The predicted octanol–water partition coefficient (Wildman–Crippen LogP) is 2.33. The summed E-state index contributed by atoms with van der Waals surface area (Å²) in [5.41, 5.74) is 2.26. The Morgan fingerprint density at radius 1 is 1.22 bits per heavy atom. The summed E-state index contributed by atoms with van der Waals surface area (Å²) in [6, 6.07) is 13.3. The lowest BCUT2D eigenvalue weighted by atomic mass is 10.1. The fraction of sp³-hybridized carbons (Fsp3) is 0.158. The zero-order chi connectivity index (χ0) is 16.7. The van der Waals surface area contributed by atoms with Gasteiger partial charge < -0.3 is 10.4 Å². The van der Waals surface area contributed by atoms with Gasteiger partial charge in [-0.2, -0.15) is 4.57 Å². The van der Waals surface area contributed by atoms with Gasteiger partial charge in [0, 0.05) is 18.7 Å². The summed E-state index contributed by atoms with van der Waals surface area (Å²) in [5.74, 6) is -0.106. The van der Waals surface area contributed by atoms with Crippen molar-refractivity contribution in [2.24, 2.45) is 0 Å². The zero-order valence-electron chi connectivity index (χ0n) is 13.2. The first-order chi connectivity index (χ1) is 11.2. The molecule has 0 spiro atoms. The van der Waals surface area contributed by atoms with E-state index in [2.05, 4.69) is 18.8 Å². The molecule has 0 amide bonds. The largest absolute Gasteiger partial charge is 0.867 e. The van der Waals surface area contributed by atoms with Crippen LogP contribution >= 0.6 is 12.2 Å². The van der Waals surface area contributed by atoms with Crippen molar-refractivity contribution in [2.75, 3.05) is 6.54 Å². The molecular formula is C19H20N2OS. The van der Waals surface area contributed by atoms with Crippen LogP contribution in [0, 0.1) is 0 Å². The lowest BCUT2D eigenvalue weighted by molar-refractivity contribution is -0.577. The monoisotopic (exact) mass is 324 g/mol. The quantitative estimate of drug-likeness (QED) is 0.291. The van der Waals surface area contributed by atoms with Crippen LogP contribution < -0.4 is 15.0 Å². The normalized spacial score (nSPS) is 11.5. The van der Waals surface area contributed by atoms with Crippen LogP contribution in [0.25, 0.3) is 11.5 Å². The van der Waals surface area contributed by atoms with Crippen LogP contribution in [0.5, 0.6) is 0 Å². The number of thiocarbonyl (C=S) groups is 1. The van der Waals surface area contributed by atoms with Crippen molar-refractivity contribution in [3.8, 4) is 0 Å². The van der Waals surface area contributed by atoms with E-state index in [4.69, 9.17) is 12.2 Å². The molecular weight excluding hydrogens is 304 g/mol. The molecule has 0 fully saturated rings. The van der Waals surface area contributed by atoms with Gasteiger partial charge in [-0.1, -0.05) is 55.5 Å². The average Bonchev–Trinajstić information content (AvgIpc) is 2.61. The fourth-order valence-corrected chi connectivity index (χ4v) is 2.44. The van der Waals surface area contributed by atoms with E-state index in [0.717, 1.165) is 6.42 Å². The third-order valence-corrected chi connectivity index (χ3v) is 3.77. The van der Waals surface area contributed by atoms with Gasteiger partial charge in [0.15, 0.2) is 17.4 Å². The van der Waals surface area contributed by atoms with E-state index < -0.39 is 0 Å². The zero-order valence-corrected chi connectivity index (χ0v) is 14.0. The predicted molar refractivity (Wildman–Crippen MR) is 96.4 cm³/mol. The standard InChI is InChI=1S/C19H20N2OS/c1-3-12-20-19(23)17(21-13-6-5-7-14-21)18(22)16-10-8-15(4-2)9-11-16/h3,5-11,13-14H,1,4,12H2,2H3,(H-,20,22,23). The Labute approximate surface area is 142 Å². The van der Waals surface area contributed by atoms with Crippen molar-refractivity contribution in [1.29, 1.82) is 0 Å². The third-order valence-electron chi connectivity index (χ3n) is 3.44. The Morgan fingerprint density at radius 3 is 2.43 bits per heavy atom. The Morgan fingerprint density at radius 2 is 1.87 bits per heavy atom. The van der Waals surface area contributed by atoms with E-state index in [9.17, 15) is 5.11 Å². The second-order valence-electron chi connectivity index (χ2n) is 5.01. The second-order valence-corrected chi connectivity index (χ2v) is 5.42. The Kier molecular flexibility index (Phi) is 6.06. The number of hydrogen-bond donors (Lipinski definition) is 1. The van der Waals surface area contributed by atoms with Crippen LogP contribution in [0.1, 0.15) is 18.1 Å². The molecule has 0 bridgehead atoms. The van der Waals surface area contributed by atoms with Crippen LogP contribution in [0.4, 0.5) is 0 Å². The number of nitrogens with zero attached hydrogens (tertiary/aromatic N) is 1. The number of hydrogen-bond acceptors (Lipinski definition) is 2. The maximum Gasteiger partial charge on any atom is 0.237 e. The summed E-state index contributed by atoms with van der Waals surface area (Å²) in [6.07, 6.45) is 6.28. The molecule has 0 aliphatic heterocycles. The number of rotatable bonds is 6. The summed E-state index contributed by atoms with van der Waals surface area (Å²) in [5, 5.41) is 16.0. The van der Waals surface area contributed by atoms with E-state index in [0.29, 0.717) is 22.8 Å². The van der Waals surface area contributed by atoms with Crippen LogP contribution in [0.3, 0.4) is 0 Å². The van der Waals surface area contributed by atoms with Crippen LogP contribution in [0.15, 0.2) is 67.5 Å². The first-order valence-corrected chi connectivity index (χ1v) is 7.94. The van der Waals surface area contributed by atoms with Crippen LogP contribution in [-0.2, 0) is 6.42 Å². The first-order valence-electron chi connectivity index (χ1n) is 7.53. The summed E-state index contributed by atoms with van der Waals surface area (Å²) < 4.78 is 1.74. The Bertz CT molecular complexity index is 706. The van der Waals surface area contributed by atoms with Gasteiger partial charge in [0.1, 0.15) is 0 Å². The molecule has 1 aromatic carbocycles. The maximum absolute atomic E-state index is 12.9. The van der Waals surface area contributed by atoms with E-state index >= 15 is 0 Å². The maximum atomic E-state index is 12.9. The van der Waals surface area contributed by atoms with Gasteiger partial charge in [0.05, 0.1) is 0 Å². The van der Waals surface area contributed by atoms with Crippen LogP contribution in [-0.4, -0.2) is 11.5 Å². The number of aromatic nitrogens is 1. The minimum absolute atomic E-state index is 0.106. The van der Waals surface area contributed by atoms with Crippen molar-refractivity contribution in [3.05, 3.63) is 78.6 Å². The van der Waals surface area contributed by atoms with Gasteiger partial charge in [-0.15, -0.1) is 6.58 Å². The number of benzene rings is 1. The highest BCUT2D eigenvalue weighted by molar-refractivity contribution is 7.81. The van der Waals surface area contributed by atoms with Gasteiger partial charge in [0.25, 0.3) is 0 Å². The number of pyridine rings is 1. The Hall–Kier alpha value is -2.46. The minimum Gasteiger partial charge on any atom is -0.867 e. The SMILES string of the molecule is C=CCNC(=S)/C(=C(/[O-])c1ccc(CC)cc1)[n+]1ccccc1. The lowest BCUT2D eigenvalue weighted by Crippen LogP contribution is -2.42. The molecule has 0 radical (unpaired) electrons. The lowest BCUT2D eigenvalue weighted by Gasteiger charge is -2.16. The van der Waals surface area contributed by atoms with Crippen molar-refractivity contribution in [1.82, 2.24) is 5.32 Å².